The van der Waals surface area contributed by atoms with E-state index in [4.69, 9.17) is 19.9 Å². The van der Waals surface area contributed by atoms with Crippen LogP contribution in [0.5, 0.6) is 11.5 Å². The number of hydrogen-bond donors (Lipinski definition) is 2. The minimum Gasteiger partial charge on any atom is -0.493 e. The summed E-state index contributed by atoms with van der Waals surface area (Å²) in [6.07, 6.45) is 0. The molecule has 2 rings (SSSR count). The number of aliphatic imine (C=N–C) groups is 1. The van der Waals surface area contributed by atoms with E-state index in [1.54, 1.807) is 21.3 Å². The molecule has 0 aliphatic carbocycles. The smallest absolute Gasteiger partial charge is 0.193 e. The van der Waals surface area contributed by atoms with Gasteiger partial charge >= 0.3 is 0 Å². The standard InChI is InChI=1S/C18H22BrN3O3/c1-23-11-13-6-4-5-7-15(13)22-18(20)21-10-12-8-14(19)17(25-3)16(9-12)24-2/h4-9H,10-11H2,1-3H3,(H3,20,21,22). The first-order valence-corrected chi connectivity index (χ1v) is 8.42. The highest BCUT2D eigenvalue weighted by molar-refractivity contribution is 9.10. The van der Waals surface area contributed by atoms with Crippen molar-refractivity contribution in [2.75, 3.05) is 26.6 Å². The topological polar surface area (TPSA) is 78.1 Å². The van der Waals surface area contributed by atoms with Gasteiger partial charge in [0.2, 0.25) is 0 Å². The van der Waals surface area contributed by atoms with Crippen molar-refractivity contribution in [3.8, 4) is 11.5 Å². The predicted molar refractivity (Wildman–Crippen MR) is 103 cm³/mol. The minimum atomic E-state index is 0.328. The number of nitrogens with zero attached hydrogens (tertiary/aromatic N) is 1. The number of nitrogens with two attached hydrogens (primary N) is 1. The lowest BCUT2D eigenvalue weighted by Gasteiger charge is -2.12. The molecule has 0 amide bonds. The van der Waals surface area contributed by atoms with Crippen LogP contribution in [0.1, 0.15) is 11.1 Å². The fourth-order valence-electron chi connectivity index (χ4n) is 2.34. The Labute approximate surface area is 156 Å². The van der Waals surface area contributed by atoms with Crippen LogP contribution in [-0.4, -0.2) is 27.3 Å². The molecule has 0 bridgehead atoms. The molecule has 134 valence electrons. The SMILES string of the molecule is COCc1ccccc1NC(N)=NCc1cc(Br)c(OC)c(OC)c1. The van der Waals surface area contributed by atoms with Gasteiger partial charge in [-0.2, -0.15) is 0 Å². The monoisotopic (exact) mass is 407 g/mol. The maximum Gasteiger partial charge on any atom is 0.193 e. The van der Waals surface area contributed by atoms with E-state index < -0.39 is 0 Å². The van der Waals surface area contributed by atoms with Crippen LogP contribution in [0, 0.1) is 0 Å². The molecule has 6 nitrogen and oxygen atoms in total. The fourth-order valence-corrected chi connectivity index (χ4v) is 2.99. The molecule has 0 heterocycles. The summed E-state index contributed by atoms with van der Waals surface area (Å²) in [4.78, 5) is 4.39. The Morgan fingerprint density at radius 3 is 2.60 bits per heavy atom. The number of methoxy groups -OCH3 is 3. The van der Waals surface area contributed by atoms with Gasteiger partial charge in [-0.15, -0.1) is 0 Å². The zero-order chi connectivity index (χ0) is 18.2. The van der Waals surface area contributed by atoms with Gasteiger partial charge < -0.3 is 25.3 Å². The summed E-state index contributed by atoms with van der Waals surface area (Å²) in [7, 11) is 4.85. The Morgan fingerprint density at radius 1 is 1.16 bits per heavy atom. The number of halogens is 1. The van der Waals surface area contributed by atoms with Crippen molar-refractivity contribution in [2.24, 2.45) is 10.7 Å². The van der Waals surface area contributed by atoms with Crippen LogP contribution in [0.15, 0.2) is 45.9 Å². The van der Waals surface area contributed by atoms with Gasteiger partial charge in [-0.25, -0.2) is 4.99 Å². The Morgan fingerprint density at radius 2 is 1.92 bits per heavy atom. The van der Waals surface area contributed by atoms with Crippen LogP contribution in [0.4, 0.5) is 5.69 Å². The molecule has 0 radical (unpaired) electrons. The van der Waals surface area contributed by atoms with E-state index in [1.807, 2.05) is 36.4 Å². The quantitative estimate of drug-likeness (QED) is 0.541. The summed E-state index contributed by atoms with van der Waals surface area (Å²) in [6, 6.07) is 11.6. The van der Waals surface area contributed by atoms with Crippen LogP contribution in [0.3, 0.4) is 0 Å². The molecule has 0 unspecified atom stereocenters. The van der Waals surface area contributed by atoms with Gasteiger partial charge in [0.05, 0.1) is 31.8 Å². The van der Waals surface area contributed by atoms with Gasteiger partial charge in [0.1, 0.15) is 0 Å². The number of nitrogens with one attached hydrogen (secondary N) is 1. The third-order valence-electron chi connectivity index (χ3n) is 3.51. The van der Waals surface area contributed by atoms with Crippen LogP contribution in [0.2, 0.25) is 0 Å². The molecular formula is C18H22BrN3O3. The minimum absolute atomic E-state index is 0.328. The third kappa shape index (κ3) is 5.11. The first-order valence-electron chi connectivity index (χ1n) is 7.63. The highest BCUT2D eigenvalue weighted by atomic mass is 79.9. The number of anilines is 1. The summed E-state index contributed by atoms with van der Waals surface area (Å²) in [5, 5.41) is 3.11. The van der Waals surface area contributed by atoms with Crippen molar-refractivity contribution in [1.82, 2.24) is 0 Å². The number of para-hydroxylation sites is 1. The van der Waals surface area contributed by atoms with Gasteiger partial charge in [-0.1, -0.05) is 18.2 Å². The number of ether oxygens (including phenoxy) is 3. The summed E-state index contributed by atoms with van der Waals surface area (Å²) in [6.45, 7) is 0.906. The van der Waals surface area contributed by atoms with Crippen molar-refractivity contribution in [3.63, 3.8) is 0 Å². The third-order valence-corrected chi connectivity index (χ3v) is 4.09. The summed E-state index contributed by atoms with van der Waals surface area (Å²) < 4.78 is 16.6. The van der Waals surface area contributed by atoms with Crippen LogP contribution in [0.25, 0.3) is 0 Å². The molecule has 0 saturated heterocycles. The van der Waals surface area contributed by atoms with Crippen LogP contribution < -0.4 is 20.5 Å². The number of hydrogen-bond acceptors (Lipinski definition) is 4. The van der Waals surface area contributed by atoms with E-state index in [1.165, 1.54) is 0 Å². The van der Waals surface area contributed by atoms with Crippen molar-refractivity contribution in [2.45, 2.75) is 13.2 Å². The predicted octanol–water partition coefficient (Wildman–Crippen LogP) is 3.54. The molecular weight excluding hydrogens is 386 g/mol. The largest absolute Gasteiger partial charge is 0.493 e. The highest BCUT2D eigenvalue weighted by Crippen LogP contribution is 2.36. The Bertz CT molecular complexity index is 750. The summed E-state index contributed by atoms with van der Waals surface area (Å²) >= 11 is 3.47. The van der Waals surface area contributed by atoms with Crippen molar-refractivity contribution in [3.05, 3.63) is 52.0 Å². The van der Waals surface area contributed by atoms with Crippen LogP contribution >= 0.6 is 15.9 Å². The average Bonchev–Trinajstić information content (AvgIpc) is 2.61. The molecule has 0 atom stereocenters. The molecule has 0 aliphatic rings. The second kappa shape index (κ2) is 9.29. The van der Waals surface area contributed by atoms with E-state index in [9.17, 15) is 0 Å². The molecule has 0 aliphatic heterocycles. The van der Waals surface area contributed by atoms with Gasteiger partial charge in [0.25, 0.3) is 0 Å². The molecule has 3 N–H and O–H groups in total. The molecule has 0 saturated carbocycles. The molecule has 7 heteroatoms. The molecule has 0 spiro atoms. The number of benzene rings is 2. The molecule has 25 heavy (non-hydrogen) atoms. The first-order chi connectivity index (χ1) is 12.1. The molecule has 0 fully saturated rings. The lowest BCUT2D eigenvalue weighted by atomic mass is 10.2. The van der Waals surface area contributed by atoms with Gasteiger partial charge in [-0.3, -0.25) is 0 Å². The van der Waals surface area contributed by atoms with E-state index in [-0.39, 0.29) is 0 Å². The molecule has 2 aromatic rings. The van der Waals surface area contributed by atoms with E-state index in [0.717, 1.165) is 21.3 Å². The Balaban J connectivity index is 2.13. The zero-order valence-electron chi connectivity index (χ0n) is 14.5. The zero-order valence-corrected chi connectivity index (χ0v) is 16.1. The first kappa shape index (κ1) is 19.1. The van der Waals surface area contributed by atoms with Crippen molar-refractivity contribution in [1.29, 1.82) is 0 Å². The van der Waals surface area contributed by atoms with E-state index in [0.29, 0.717) is 30.6 Å². The molecule has 2 aromatic carbocycles. The number of rotatable bonds is 7. The Hall–Kier alpha value is -2.25. The van der Waals surface area contributed by atoms with Crippen molar-refractivity contribution < 1.29 is 14.2 Å². The lowest BCUT2D eigenvalue weighted by Crippen LogP contribution is -2.23. The maximum absolute atomic E-state index is 6.01. The van der Waals surface area contributed by atoms with Crippen molar-refractivity contribution >= 4 is 27.6 Å². The van der Waals surface area contributed by atoms with Gasteiger partial charge in [0.15, 0.2) is 17.5 Å². The Kier molecular flexibility index (Phi) is 7.09. The second-order valence-electron chi connectivity index (χ2n) is 5.23. The normalized spacial score (nSPS) is 11.3. The van der Waals surface area contributed by atoms with Crippen LogP contribution in [-0.2, 0) is 17.9 Å². The molecule has 0 aromatic heterocycles. The van der Waals surface area contributed by atoms with Gasteiger partial charge in [0, 0.05) is 18.4 Å². The summed E-state index contributed by atoms with van der Waals surface area (Å²) in [5.41, 5.74) is 8.84. The van der Waals surface area contributed by atoms with E-state index >= 15 is 0 Å². The summed E-state index contributed by atoms with van der Waals surface area (Å²) in [5.74, 6) is 1.61. The van der Waals surface area contributed by atoms with Gasteiger partial charge in [-0.05, 0) is 39.7 Å². The highest BCUT2D eigenvalue weighted by Gasteiger charge is 2.10. The fraction of sp³-hybridized carbons (Fsp3) is 0.278. The average molecular weight is 408 g/mol. The number of guanidine groups is 1. The lowest BCUT2D eigenvalue weighted by molar-refractivity contribution is 0.185. The van der Waals surface area contributed by atoms with E-state index in [2.05, 4.69) is 26.2 Å². The maximum atomic E-state index is 6.01. The second-order valence-corrected chi connectivity index (χ2v) is 6.08.